The van der Waals surface area contributed by atoms with E-state index in [-0.39, 0.29) is 48.3 Å². The highest BCUT2D eigenvalue weighted by Crippen LogP contribution is 2.25. The van der Waals surface area contributed by atoms with Crippen molar-refractivity contribution in [2.75, 3.05) is 21.2 Å². The smallest absolute Gasteiger partial charge is 0.247 e. The highest BCUT2D eigenvalue weighted by atomic mass is 16.5. The van der Waals surface area contributed by atoms with E-state index in [4.69, 9.17) is 10.5 Å². The van der Waals surface area contributed by atoms with E-state index in [2.05, 4.69) is 5.32 Å². The number of primary amides is 1. The zero-order valence-corrected chi connectivity index (χ0v) is 24.1. The van der Waals surface area contributed by atoms with Gasteiger partial charge in [0.25, 0.3) is 0 Å². The van der Waals surface area contributed by atoms with Gasteiger partial charge in [0, 0.05) is 33.5 Å². The van der Waals surface area contributed by atoms with Crippen molar-refractivity contribution in [3.05, 3.63) is 0 Å². The number of nitrogens with two attached hydrogens (primary N) is 1. The van der Waals surface area contributed by atoms with Gasteiger partial charge in [-0.2, -0.15) is 0 Å². The zero-order valence-electron chi connectivity index (χ0n) is 24.1. The molecule has 1 saturated heterocycles. The van der Waals surface area contributed by atoms with Gasteiger partial charge in [-0.15, -0.1) is 0 Å². The van der Waals surface area contributed by atoms with Crippen LogP contribution in [0.1, 0.15) is 67.7 Å². The Kier molecular flexibility index (Phi) is 12.2. The van der Waals surface area contributed by atoms with Gasteiger partial charge in [-0.1, -0.05) is 54.9 Å². The van der Waals surface area contributed by atoms with E-state index in [9.17, 15) is 24.0 Å². The van der Waals surface area contributed by atoms with Crippen molar-refractivity contribution in [1.82, 2.24) is 20.2 Å². The Morgan fingerprint density at radius 2 is 1.68 bits per heavy atom. The number of nitrogens with one attached hydrogen (secondary N) is 1. The molecular formula is C26H47N5O6. The molecule has 1 unspecified atom stereocenters. The Morgan fingerprint density at radius 3 is 2.05 bits per heavy atom. The number of hydrogen-bond acceptors (Lipinski definition) is 7. The van der Waals surface area contributed by atoms with Crippen molar-refractivity contribution in [2.45, 2.75) is 92.0 Å². The summed E-state index contributed by atoms with van der Waals surface area (Å²) in [6, 6.07) is -2.18. The lowest BCUT2D eigenvalue weighted by molar-refractivity contribution is -0.164. The number of carbonyl (C=O) groups is 5. The fourth-order valence-electron chi connectivity index (χ4n) is 5.03. The van der Waals surface area contributed by atoms with Gasteiger partial charge >= 0.3 is 0 Å². The second-order valence-corrected chi connectivity index (χ2v) is 10.9. The lowest BCUT2D eigenvalue weighted by Gasteiger charge is -2.40. The fraction of sp³-hybridized carbons (Fsp3) is 0.808. The van der Waals surface area contributed by atoms with Gasteiger partial charge in [0.05, 0.1) is 18.6 Å². The number of imide groups is 1. The summed E-state index contributed by atoms with van der Waals surface area (Å²) in [5, 5.41) is 5.31. The second-order valence-electron chi connectivity index (χ2n) is 10.9. The molecule has 1 heterocycles. The summed E-state index contributed by atoms with van der Waals surface area (Å²) < 4.78 is 5.57. The Labute approximate surface area is 221 Å². The summed E-state index contributed by atoms with van der Waals surface area (Å²) in [5.74, 6) is -3.00. The maximum Gasteiger partial charge on any atom is 0.247 e. The molecule has 6 atom stereocenters. The van der Waals surface area contributed by atoms with Gasteiger partial charge in [0.2, 0.25) is 29.5 Å². The molecule has 0 radical (unpaired) electrons. The number of rotatable bonds is 14. The first kappa shape index (κ1) is 32.5. The highest BCUT2D eigenvalue weighted by molar-refractivity contribution is 6.03. The Morgan fingerprint density at radius 1 is 1.11 bits per heavy atom. The standard InChI is InChI=1S/C26H47N5O6/c1-11-16(6)23(18(37-10)13-19(27)32)29(8)26(36)21(14(2)3)28-24(34)22(15(4)5)30(9)31-20(33)12-17(7)25(31)35/h14-18,21-23H,11-13H2,1-10H3,(H2,27,32)(H,28,34)/t16-,17?,18+,21-,22-,23-/m0/s1. The van der Waals surface area contributed by atoms with Crippen molar-refractivity contribution < 1.29 is 28.7 Å². The second kappa shape index (κ2) is 13.9. The van der Waals surface area contributed by atoms with Gasteiger partial charge in [0.15, 0.2) is 0 Å². The number of methoxy groups -OCH3 is 1. The minimum atomic E-state index is -0.881. The third-order valence-electron chi connectivity index (χ3n) is 7.30. The lowest BCUT2D eigenvalue weighted by Crippen LogP contribution is -2.61. The molecule has 0 aromatic heterocycles. The quantitative estimate of drug-likeness (QED) is 0.324. The molecule has 1 rings (SSSR count). The van der Waals surface area contributed by atoms with Crippen LogP contribution in [0.15, 0.2) is 0 Å². The topological polar surface area (TPSA) is 142 Å². The third-order valence-corrected chi connectivity index (χ3v) is 7.30. The van der Waals surface area contributed by atoms with Crippen LogP contribution in [0.5, 0.6) is 0 Å². The van der Waals surface area contributed by atoms with Gasteiger partial charge in [0.1, 0.15) is 12.1 Å². The SMILES string of the molecule is CC[C@H](C)[C@@H]([C@@H](CC(N)=O)OC)N(C)C(=O)[C@@H](NC(=O)[C@H](C(C)C)N(C)N1C(=O)CC(C)C1=O)C(C)C. The Balaban J connectivity index is 3.25. The number of carbonyl (C=O) groups excluding carboxylic acids is 5. The molecule has 0 bridgehead atoms. The molecule has 11 heteroatoms. The van der Waals surface area contributed by atoms with Crippen LogP contribution in [0.25, 0.3) is 0 Å². The molecule has 1 aliphatic heterocycles. The number of amides is 5. The van der Waals surface area contributed by atoms with Crippen molar-refractivity contribution in [1.29, 1.82) is 0 Å². The van der Waals surface area contributed by atoms with Crippen LogP contribution in [-0.4, -0.2) is 89.9 Å². The summed E-state index contributed by atoms with van der Waals surface area (Å²) in [4.78, 5) is 65.6. The van der Waals surface area contributed by atoms with E-state index in [0.717, 1.165) is 11.4 Å². The van der Waals surface area contributed by atoms with E-state index < -0.39 is 42.0 Å². The molecule has 212 valence electrons. The van der Waals surface area contributed by atoms with Crippen LogP contribution in [-0.2, 0) is 28.7 Å². The van der Waals surface area contributed by atoms with Crippen LogP contribution < -0.4 is 11.1 Å². The lowest BCUT2D eigenvalue weighted by atomic mass is 9.90. The number of ether oxygens (including phenoxy) is 1. The van der Waals surface area contributed by atoms with Crippen LogP contribution in [0.4, 0.5) is 0 Å². The number of nitrogens with zero attached hydrogens (tertiary/aromatic N) is 3. The van der Waals surface area contributed by atoms with E-state index in [0.29, 0.717) is 0 Å². The third kappa shape index (κ3) is 7.73. The maximum atomic E-state index is 13.8. The van der Waals surface area contributed by atoms with E-state index >= 15 is 0 Å². The molecule has 11 nitrogen and oxygen atoms in total. The van der Waals surface area contributed by atoms with E-state index in [1.807, 2.05) is 41.5 Å². The summed E-state index contributed by atoms with van der Waals surface area (Å²) in [5.41, 5.74) is 5.43. The first-order valence-corrected chi connectivity index (χ1v) is 13.1. The van der Waals surface area contributed by atoms with Crippen molar-refractivity contribution in [3.8, 4) is 0 Å². The molecule has 0 spiro atoms. The van der Waals surface area contributed by atoms with E-state index in [1.54, 1.807) is 25.9 Å². The van der Waals surface area contributed by atoms with Crippen LogP contribution >= 0.6 is 0 Å². The predicted octanol–water partition coefficient (Wildman–Crippen LogP) is 1.16. The molecule has 0 aliphatic carbocycles. The normalized spacial score (nSPS) is 20.2. The average Bonchev–Trinajstić information content (AvgIpc) is 3.06. The zero-order chi connectivity index (χ0) is 28.8. The van der Waals surface area contributed by atoms with Crippen molar-refractivity contribution in [3.63, 3.8) is 0 Å². The maximum absolute atomic E-state index is 13.8. The minimum Gasteiger partial charge on any atom is -0.379 e. The summed E-state index contributed by atoms with van der Waals surface area (Å²) in [6.45, 7) is 12.9. The van der Waals surface area contributed by atoms with Gasteiger partial charge in [-0.3, -0.25) is 24.0 Å². The monoisotopic (exact) mass is 525 g/mol. The molecule has 0 saturated carbocycles. The predicted molar refractivity (Wildman–Crippen MR) is 139 cm³/mol. The fourth-order valence-corrected chi connectivity index (χ4v) is 5.03. The highest BCUT2D eigenvalue weighted by Gasteiger charge is 2.44. The van der Waals surface area contributed by atoms with Crippen molar-refractivity contribution >= 4 is 29.5 Å². The summed E-state index contributed by atoms with van der Waals surface area (Å²) >= 11 is 0. The summed E-state index contributed by atoms with van der Waals surface area (Å²) in [6.07, 6.45) is 0.180. The molecule has 0 aromatic carbocycles. The Hall–Kier alpha value is -2.53. The largest absolute Gasteiger partial charge is 0.379 e. The average molecular weight is 526 g/mol. The first-order chi connectivity index (χ1) is 17.1. The number of likely N-dealkylation sites (N-methyl/N-ethyl adjacent to an activating group) is 2. The van der Waals surface area contributed by atoms with Crippen LogP contribution in [0.3, 0.4) is 0 Å². The van der Waals surface area contributed by atoms with Gasteiger partial charge in [-0.25, -0.2) is 10.0 Å². The van der Waals surface area contributed by atoms with Crippen LogP contribution in [0, 0.1) is 23.7 Å². The van der Waals surface area contributed by atoms with Crippen molar-refractivity contribution in [2.24, 2.45) is 29.4 Å². The summed E-state index contributed by atoms with van der Waals surface area (Å²) in [7, 11) is 4.67. The number of hydrazine groups is 1. The minimum absolute atomic E-state index is 0.00880. The van der Waals surface area contributed by atoms with Gasteiger partial charge in [-0.05, 0) is 17.8 Å². The number of hydrogen-bond donors (Lipinski definition) is 2. The van der Waals surface area contributed by atoms with E-state index in [1.165, 1.54) is 12.1 Å². The molecule has 1 aliphatic rings. The van der Waals surface area contributed by atoms with Gasteiger partial charge < -0.3 is 20.7 Å². The molecule has 3 N–H and O–H groups in total. The Bertz CT molecular complexity index is 847. The molecule has 37 heavy (non-hydrogen) atoms. The molecule has 1 fully saturated rings. The molecule has 0 aromatic rings. The molecular weight excluding hydrogens is 478 g/mol. The first-order valence-electron chi connectivity index (χ1n) is 13.1. The van der Waals surface area contributed by atoms with Crippen LogP contribution in [0.2, 0.25) is 0 Å². The molecule has 5 amide bonds.